The smallest absolute Gasteiger partial charge is 0.423 e. The first-order chi connectivity index (χ1) is 11.2. The Morgan fingerprint density at radius 1 is 0.783 bits per heavy atom. The lowest BCUT2D eigenvalue weighted by Crippen LogP contribution is -2.29. The number of aromatic amines is 1. The third-order valence-electron chi connectivity index (χ3n) is 4.83. The van der Waals surface area contributed by atoms with Crippen LogP contribution >= 0.6 is 0 Å². The standard InChI is InChI=1S/C19H14BNO2/c22-20(23)13-5-6-18-17(9-13)16-8-12-7-11-3-1-2-4-14(11)15(12)10-19(16)21-18/h1-6,8-10,21-23H,7H2. The van der Waals surface area contributed by atoms with E-state index in [9.17, 15) is 10.0 Å². The lowest BCUT2D eigenvalue weighted by Gasteiger charge is -2.02. The second-order valence-electron chi connectivity index (χ2n) is 6.19. The van der Waals surface area contributed by atoms with E-state index in [0.717, 1.165) is 28.2 Å². The van der Waals surface area contributed by atoms with Gasteiger partial charge in [0.1, 0.15) is 0 Å². The molecule has 0 atom stereocenters. The Balaban J connectivity index is 1.81. The SMILES string of the molecule is OB(O)c1ccc2[nH]c3cc4c(cc3c2c1)Cc1ccccc1-4. The Bertz CT molecular complexity index is 1080. The summed E-state index contributed by atoms with van der Waals surface area (Å²) in [4.78, 5) is 3.44. The van der Waals surface area contributed by atoms with Gasteiger partial charge in [-0.3, -0.25) is 0 Å². The van der Waals surface area contributed by atoms with Crippen molar-refractivity contribution in [1.82, 2.24) is 4.98 Å². The van der Waals surface area contributed by atoms with E-state index in [1.54, 1.807) is 6.07 Å². The van der Waals surface area contributed by atoms with Crippen LogP contribution in [0.15, 0.2) is 54.6 Å². The Morgan fingerprint density at radius 2 is 1.61 bits per heavy atom. The monoisotopic (exact) mass is 299 g/mol. The predicted molar refractivity (Wildman–Crippen MR) is 93.9 cm³/mol. The van der Waals surface area contributed by atoms with Crippen LogP contribution in [-0.2, 0) is 6.42 Å². The van der Waals surface area contributed by atoms with Gasteiger partial charge in [-0.1, -0.05) is 36.4 Å². The Kier molecular flexibility index (Phi) is 2.52. The van der Waals surface area contributed by atoms with Crippen LogP contribution in [0.1, 0.15) is 11.1 Å². The molecule has 5 rings (SSSR count). The van der Waals surface area contributed by atoms with Gasteiger partial charge in [-0.2, -0.15) is 0 Å². The summed E-state index contributed by atoms with van der Waals surface area (Å²) in [5, 5.41) is 21.0. The van der Waals surface area contributed by atoms with E-state index in [-0.39, 0.29) is 0 Å². The van der Waals surface area contributed by atoms with E-state index in [0.29, 0.717) is 5.46 Å². The maximum Gasteiger partial charge on any atom is 0.488 e. The van der Waals surface area contributed by atoms with Gasteiger partial charge in [-0.05, 0) is 52.3 Å². The van der Waals surface area contributed by atoms with Crippen LogP contribution in [0.4, 0.5) is 0 Å². The van der Waals surface area contributed by atoms with E-state index in [1.165, 1.54) is 22.3 Å². The quantitative estimate of drug-likeness (QED) is 0.417. The fourth-order valence-corrected chi connectivity index (χ4v) is 3.71. The Morgan fingerprint density at radius 3 is 2.48 bits per heavy atom. The molecule has 0 spiro atoms. The second-order valence-corrected chi connectivity index (χ2v) is 6.19. The molecule has 0 radical (unpaired) electrons. The molecule has 0 fully saturated rings. The van der Waals surface area contributed by atoms with E-state index in [4.69, 9.17) is 0 Å². The topological polar surface area (TPSA) is 56.2 Å². The van der Waals surface area contributed by atoms with Crippen molar-refractivity contribution in [2.45, 2.75) is 6.42 Å². The van der Waals surface area contributed by atoms with Crippen molar-refractivity contribution < 1.29 is 10.0 Å². The first-order valence-corrected chi connectivity index (χ1v) is 7.73. The summed E-state index contributed by atoms with van der Waals surface area (Å²) < 4.78 is 0. The molecule has 0 bridgehead atoms. The minimum Gasteiger partial charge on any atom is -0.423 e. The second kappa shape index (κ2) is 4.48. The summed E-state index contributed by atoms with van der Waals surface area (Å²) in [6, 6.07) is 18.5. The van der Waals surface area contributed by atoms with Gasteiger partial charge in [0.05, 0.1) is 0 Å². The van der Waals surface area contributed by atoms with Gasteiger partial charge in [0.25, 0.3) is 0 Å². The van der Waals surface area contributed by atoms with Gasteiger partial charge in [-0.15, -0.1) is 0 Å². The molecule has 3 nitrogen and oxygen atoms in total. The molecule has 0 saturated heterocycles. The largest absolute Gasteiger partial charge is 0.488 e. The molecule has 0 aliphatic heterocycles. The average Bonchev–Trinajstić information content (AvgIpc) is 3.09. The highest BCUT2D eigenvalue weighted by atomic mass is 16.4. The normalized spacial score (nSPS) is 12.6. The zero-order chi connectivity index (χ0) is 15.6. The first-order valence-electron chi connectivity index (χ1n) is 7.73. The average molecular weight is 299 g/mol. The van der Waals surface area contributed by atoms with Crippen molar-refractivity contribution in [1.29, 1.82) is 0 Å². The molecule has 0 amide bonds. The van der Waals surface area contributed by atoms with Crippen LogP contribution in [0.2, 0.25) is 0 Å². The number of H-pyrrole nitrogens is 1. The van der Waals surface area contributed by atoms with Crippen LogP contribution in [0, 0.1) is 0 Å². The number of rotatable bonds is 1. The molecule has 110 valence electrons. The molecule has 1 aliphatic carbocycles. The van der Waals surface area contributed by atoms with E-state index in [2.05, 4.69) is 41.4 Å². The molecule has 1 aliphatic rings. The third-order valence-corrected chi connectivity index (χ3v) is 4.83. The summed E-state index contributed by atoms with van der Waals surface area (Å²) >= 11 is 0. The van der Waals surface area contributed by atoms with Crippen LogP contribution in [-0.4, -0.2) is 22.2 Å². The number of hydrogen-bond donors (Lipinski definition) is 3. The number of hydrogen-bond acceptors (Lipinski definition) is 2. The molecule has 4 heteroatoms. The molecule has 3 aromatic carbocycles. The van der Waals surface area contributed by atoms with Gasteiger partial charge in [0.2, 0.25) is 0 Å². The van der Waals surface area contributed by atoms with Gasteiger partial charge in [0, 0.05) is 21.8 Å². The highest BCUT2D eigenvalue weighted by Gasteiger charge is 2.20. The predicted octanol–water partition coefficient (Wildman–Crippen LogP) is 2.57. The van der Waals surface area contributed by atoms with Crippen LogP contribution in [0.25, 0.3) is 32.9 Å². The van der Waals surface area contributed by atoms with E-state index < -0.39 is 7.12 Å². The molecular formula is C19H14BNO2. The first kappa shape index (κ1) is 12.9. The van der Waals surface area contributed by atoms with Gasteiger partial charge < -0.3 is 15.0 Å². The summed E-state index contributed by atoms with van der Waals surface area (Å²) in [6.07, 6.45) is 0.955. The maximum atomic E-state index is 9.41. The molecule has 4 aromatic rings. The fraction of sp³-hybridized carbons (Fsp3) is 0.0526. The van der Waals surface area contributed by atoms with E-state index in [1.807, 2.05) is 12.1 Å². The van der Waals surface area contributed by atoms with Crippen molar-refractivity contribution in [3.05, 3.63) is 65.7 Å². The molecular weight excluding hydrogens is 285 g/mol. The van der Waals surface area contributed by atoms with Gasteiger partial charge in [0.15, 0.2) is 0 Å². The van der Waals surface area contributed by atoms with Crippen molar-refractivity contribution in [2.75, 3.05) is 0 Å². The summed E-state index contributed by atoms with van der Waals surface area (Å²) in [5.41, 5.74) is 7.92. The molecule has 23 heavy (non-hydrogen) atoms. The molecule has 3 N–H and O–H groups in total. The zero-order valence-corrected chi connectivity index (χ0v) is 12.4. The minimum atomic E-state index is -1.44. The number of benzene rings is 3. The minimum absolute atomic E-state index is 0.516. The molecule has 1 heterocycles. The Hall–Kier alpha value is -2.56. The van der Waals surface area contributed by atoms with Crippen molar-refractivity contribution in [3.8, 4) is 11.1 Å². The summed E-state index contributed by atoms with van der Waals surface area (Å²) in [5.74, 6) is 0. The zero-order valence-electron chi connectivity index (χ0n) is 12.4. The van der Waals surface area contributed by atoms with Crippen molar-refractivity contribution in [2.24, 2.45) is 0 Å². The highest BCUT2D eigenvalue weighted by molar-refractivity contribution is 6.59. The van der Waals surface area contributed by atoms with Gasteiger partial charge in [-0.25, -0.2) is 0 Å². The molecule has 0 saturated carbocycles. The van der Waals surface area contributed by atoms with Crippen molar-refractivity contribution in [3.63, 3.8) is 0 Å². The fourth-order valence-electron chi connectivity index (χ4n) is 3.71. The number of nitrogens with one attached hydrogen (secondary N) is 1. The third kappa shape index (κ3) is 1.79. The molecule has 1 aromatic heterocycles. The van der Waals surface area contributed by atoms with Gasteiger partial charge >= 0.3 is 7.12 Å². The lowest BCUT2D eigenvalue weighted by molar-refractivity contribution is 0.426. The highest BCUT2D eigenvalue weighted by Crippen LogP contribution is 2.40. The lowest BCUT2D eigenvalue weighted by atomic mass is 9.80. The van der Waals surface area contributed by atoms with Crippen LogP contribution < -0.4 is 5.46 Å². The summed E-state index contributed by atoms with van der Waals surface area (Å²) in [7, 11) is -1.44. The number of fused-ring (bicyclic) bond motifs is 6. The number of aromatic nitrogens is 1. The Labute approximate surface area is 133 Å². The molecule has 0 unspecified atom stereocenters. The van der Waals surface area contributed by atoms with Crippen LogP contribution in [0.3, 0.4) is 0 Å². The van der Waals surface area contributed by atoms with E-state index >= 15 is 0 Å². The summed E-state index contributed by atoms with van der Waals surface area (Å²) in [6.45, 7) is 0. The van der Waals surface area contributed by atoms with Crippen molar-refractivity contribution >= 4 is 34.4 Å². The van der Waals surface area contributed by atoms with Crippen LogP contribution in [0.5, 0.6) is 0 Å². The maximum absolute atomic E-state index is 9.41.